The minimum Gasteiger partial charge on any atom is -0.340 e. The van der Waals surface area contributed by atoms with Crippen molar-refractivity contribution < 1.29 is 4.79 Å². The molecule has 0 N–H and O–H groups in total. The van der Waals surface area contributed by atoms with Gasteiger partial charge in [0.15, 0.2) is 0 Å². The number of carbonyl (C=O) groups excluding carboxylic acids is 1. The van der Waals surface area contributed by atoms with Crippen LogP contribution in [-0.2, 0) is 4.79 Å². The molecule has 0 aromatic heterocycles. The van der Waals surface area contributed by atoms with E-state index >= 15 is 0 Å². The number of piperazine rings is 1. The number of carbonyl (C=O) groups is 1. The van der Waals surface area contributed by atoms with Gasteiger partial charge < -0.3 is 4.90 Å². The van der Waals surface area contributed by atoms with Crippen LogP contribution in [0.1, 0.15) is 61.3 Å². The lowest BCUT2D eigenvalue weighted by Crippen LogP contribution is -2.49. The fraction of sp³-hybridized carbons (Fsp3) is 0.500. The Hall–Kier alpha value is -2.13. The highest BCUT2D eigenvalue weighted by Gasteiger charge is 2.28. The maximum atomic E-state index is 12.7. The van der Waals surface area contributed by atoms with Crippen LogP contribution in [0.15, 0.2) is 54.6 Å². The summed E-state index contributed by atoms with van der Waals surface area (Å²) in [4.78, 5) is 17.4. The molecule has 1 unspecified atom stereocenters. The van der Waals surface area contributed by atoms with Crippen LogP contribution in [0.4, 0.5) is 0 Å². The number of hydrogen-bond acceptors (Lipinski definition) is 2. The van der Waals surface area contributed by atoms with Crippen molar-refractivity contribution in [3.63, 3.8) is 0 Å². The lowest BCUT2D eigenvalue weighted by molar-refractivity contribution is -0.133. The highest BCUT2D eigenvalue weighted by atomic mass is 16.2. The second kappa shape index (κ2) is 9.58. The number of rotatable bonds is 6. The monoisotopic (exact) mass is 390 g/mol. The molecule has 1 saturated heterocycles. The molecule has 3 nitrogen and oxygen atoms in total. The molecule has 1 heterocycles. The van der Waals surface area contributed by atoms with E-state index in [2.05, 4.69) is 71.3 Å². The number of aryl methyl sites for hydroxylation is 1. The Morgan fingerprint density at radius 1 is 0.897 bits per heavy atom. The molecule has 1 aliphatic heterocycles. The van der Waals surface area contributed by atoms with Gasteiger partial charge in [0.2, 0.25) is 5.91 Å². The second-order valence-electron chi connectivity index (χ2n) is 8.83. The summed E-state index contributed by atoms with van der Waals surface area (Å²) in [5.74, 6) is 1.16. The van der Waals surface area contributed by atoms with Gasteiger partial charge in [-0.25, -0.2) is 0 Å². The summed E-state index contributed by atoms with van der Waals surface area (Å²) in [5, 5.41) is 0. The van der Waals surface area contributed by atoms with Crippen molar-refractivity contribution in [3.05, 3.63) is 71.3 Å². The predicted molar refractivity (Wildman–Crippen MR) is 119 cm³/mol. The molecule has 2 aliphatic rings. The van der Waals surface area contributed by atoms with Crippen LogP contribution in [0.25, 0.3) is 0 Å². The zero-order valence-electron chi connectivity index (χ0n) is 17.7. The third kappa shape index (κ3) is 5.08. The van der Waals surface area contributed by atoms with Crippen LogP contribution in [0.5, 0.6) is 0 Å². The van der Waals surface area contributed by atoms with Gasteiger partial charge in [-0.05, 0) is 30.4 Å². The van der Waals surface area contributed by atoms with Gasteiger partial charge in [-0.3, -0.25) is 9.69 Å². The smallest absolute Gasteiger partial charge is 0.222 e. The summed E-state index contributed by atoms with van der Waals surface area (Å²) in [6.07, 6.45) is 7.21. The largest absolute Gasteiger partial charge is 0.340 e. The summed E-state index contributed by atoms with van der Waals surface area (Å²) >= 11 is 0. The van der Waals surface area contributed by atoms with Crippen LogP contribution < -0.4 is 0 Å². The van der Waals surface area contributed by atoms with E-state index in [9.17, 15) is 4.79 Å². The topological polar surface area (TPSA) is 23.6 Å². The first-order chi connectivity index (χ1) is 14.2. The minimum absolute atomic E-state index is 0.257. The first kappa shape index (κ1) is 20.2. The molecule has 1 aliphatic carbocycles. The minimum atomic E-state index is 0.257. The van der Waals surface area contributed by atoms with E-state index in [0.717, 1.165) is 44.9 Å². The van der Waals surface area contributed by atoms with Gasteiger partial charge >= 0.3 is 0 Å². The van der Waals surface area contributed by atoms with E-state index in [1.807, 2.05) is 0 Å². The Kier molecular flexibility index (Phi) is 6.66. The summed E-state index contributed by atoms with van der Waals surface area (Å²) < 4.78 is 0. The molecule has 3 heteroatoms. The molecule has 0 radical (unpaired) electrons. The van der Waals surface area contributed by atoms with Gasteiger partial charge in [0.05, 0.1) is 6.04 Å². The van der Waals surface area contributed by atoms with Crippen molar-refractivity contribution >= 4 is 5.91 Å². The molecule has 0 bridgehead atoms. The third-order valence-corrected chi connectivity index (χ3v) is 6.78. The zero-order chi connectivity index (χ0) is 20.1. The van der Waals surface area contributed by atoms with E-state index in [0.29, 0.717) is 5.91 Å². The molecular weight excluding hydrogens is 356 g/mol. The Labute approximate surface area is 175 Å². The van der Waals surface area contributed by atoms with Crippen LogP contribution in [-0.4, -0.2) is 41.9 Å². The van der Waals surface area contributed by atoms with Gasteiger partial charge in [0.25, 0.3) is 0 Å². The highest BCUT2D eigenvalue weighted by molar-refractivity contribution is 5.76. The molecule has 2 fully saturated rings. The van der Waals surface area contributed by atoms with Crippen LogP contribution in [0.2, 0.25) is 0 Å². The van der Waals surface area contributed by atoms with Crippen molar-refractivity contribution in [2.75, 3.05) is 26.2 Å². The predicted octanol–water partition coefficient (Wildman–Crippen LogP) is 5.20. The number of amides is 1. The fourth-order valence-electron chi connectivity index (χ4n) is 5.01. The van der Waals surface area contributed by atoms with Crippen molar-refractivity contribution in [2.45, 2.75) is 51.5 Å². The number of nitrogens with zero attached hydrogens (tertiary/aromatic N) is 2. The maximum absolute atomic E-state index is 12.7. The highest BCUT2D eigenvalue weighted by Crippen LogP contribution is 2.31. The average Bonchev–Trinajstić information content (AvgIpc) is 3.29. The molecule has 2 aromatic rings. The van der Waals surface area contributed by atoms with Gasteiger partial charge in [-0.15, -0.1) is 0 Å². The van der Waals surface area contributed by atoms with E-state index in [4.69, 9.17) is 0 Å². The molecule has 154 valence electrons. The molecule has 1 saturated carbocycles. The summed E-state index contributed by atoms with van der Waals surface area (Å²) in [7, 11) is 0. The van der Waals surface area contributed by atoms with Gasteiger partial charge in [-0.2, -0.15) is 0 Å². The van der Waals surface area contributed by atoms with E-state index in [1.165, 1.54) is 42.4 Å². The van der Waals surface area contributed by atoms with Crippen molar-refractivity contribution in [1.82, 2.24) is 9.80 Å². The van der Waals surface area contributed by atoms with E-state index in [-0.39, 0.29) is 6.04 Å². The van der Waals surface area contributed by atoms with Crippen molar-refractivity contribution in [2.24, 2.45) is 5.92 Å². The normalized spacial score (nSPS) is 19.4. The lowest BCUT2D eigenvalue weighted by atomic mass is 9.95. The van der Waals surface area contributed by atoms with Gasteiger partial charge in [-0.1, -0.05) is 85.8 Å². The van der Waals surface area contributed by atoms with Crippen molar-refractivity contribution in [1.29, 1.82) is 0 Å². The maximum Gasteiger partial charge on any atom is 0.222 e. The molecule has 1 atom stereocenters. The van der Waals surface area contributed by atoms with E-state index < -0.39 is 0 Å². The van der Waals surface area contributed by atoms with Crippen LogP contribution >= 0.6 is 0 Å². The molecule has 4 rings (SSSR count). The van der Waals surface area contributed by atoms with E-state index in [1.54, 1.807) is 0 Å². The summed E-state index contributed by atoms with van der Waals surface area (Å²) in [6, 6.07) is 20.0. The summed E-state index contributed by atoms with van der Waals surface area (Å²) in [6.45, 7) is 5.69. The Balaban J connectivity index is 1.40. The Morgan fingerprint density at radius 2 is 1.52 bits per heavy atom. The summed E-state index contributed by atoms with van der Waals surface area (Å²) in [5.41, 5.74) is 3.96. The lowest BCUT2D eigenvalue weighted by Gasteiger charge is -2.40. The quantitative estimate of drug-likeness (QED) is 0.677. The first-order valence-corrected chi connectivity index (χ1v) is 11.3. The molecule has 29 heavy (non-hydrogen) atoms. The van der Waals surface area contributed by atoms with Crippen LogP contribution in [0, 0.1) is 12.8 Å². The third-order valence-electron chi connectivity index (χ3n) is 6.78. The Bertz CT molecular complexity index is 772. The standard InChI is InChI=1S/C26H34N2O/c1-21-11-14-24(15-12-21)26(23-9-3-2-4-10-23)28-19-17-27(18-20-28)25(29)16-13-22-7-5-6-8-22/h2-4,9-12,14-15,22,26H,5-8,13,16-20H2,1H3. The Morgan fingerprint density at radius 3 is 2.17 bits per heavy atom. The SMILES string of the molecule is Cc1ccc(C(c2ccccc2)N2CCN(C(=O)CCC3CCCC3)CC2)cc1. The fourth-order valence-corrected chi connectivity index (χ4v) is 5.01. The second-order valence-corrected chi connectivity index (χ2v) is 8.83. The zero-order valence-corrected chi connectivity index (χ0v) is 17.7. The molecule has 1 amide bonds. The number of hydrogen-bond donors (Lipinski definition) is 0. The van der Waals surface area contributed by atoms with Gasteiger partial charge in [0, 0.05) is 32.6 Å². The molecular formula is C26H34N2O. The first-order valence-electron chi connectivity index (χ1n) is 11.3. The number of benzene rings is 2. The molecule has 2 aromatic carbocycles. The molecule has 0 spiro atoms. The van der Waals surface area contributed by atoms with Crippen LogP contribution in [0.3, 0.4) is 0 Å². The van der Waals surface area contributed by atoms with Crippen molar-refractivity contribution in [3.8, 4) is 0 Å². The average molecular weight is 391 g/mol. The van der Waals surface area contributed by atoms with Gasteiger partial charge in [0.1, 0.15) is 0 Å².